The topological polar surface area (TPSA) is 66.5 Å². The Bertz CT molecular complexity index is 772. The van der Waals surface area contributed by atoms with Gasteiger partial charge in [0.1, 0.15) is 0 Å². The molecule has 1 aromatic rings. The number of nitrogens with one attached hydrogen (secondary N) is 1. The number of nitrogens with zero attached hydrogens (tertiary/aromatic N) is 1. The Morgan fingerprint density at radius 2 is 2.07 bits per heavy atom. The first-order valence-electron chi connectivity index (χ1n) is 10.4. The van der Waals surface area contributed by atoms with Crippen molar-refractivity contribution in [2.75, 3.05) is 18.0 Å². The maximum absolute atomic E-state index is 12.7. The van der Waals surface area contributed by atoms with Gasteiger partial charge in [-0.3, -0.25) is 4.79 Å². The summed E-state index contributed by atoms with van der Waals surface area (Å²) in [5.74, 6) is 0.746. The van der Waals surface area contributed by atoms with Crippen molar-refractivity contribution in [2.24, 2.45) is 11.8 Å². The van der Waals surface area contributed by atoms with E-state index in [0.29, 0.717) is 23.9 Å². The highest BCUT2D eigenvalue weighted by Gasteiger charge is 2.33. The summed E-state index contributed by atoms with van der Waals surface area (Å²) in [6.45, 7) is 5.41. The van der Waals surface area contributed by atoms with Crippen LogP contribution < -0.4 is 9.62 Å². The van der Waals surface area contributed by atoms with Crippen LogP contribution in [0.4, 0.5) is 5.69 Å². The van der Waals surface area contributed by atoms with Gasteiger partial charge in [0.25, 0.3) is 0 Å². The van der Waals surface area contributed by atoms with E-state index < -0.39 is 10.0 Å². The van der Waals surface area contributed by atoms with Crippen LogP contribution in [0.25, 0.3) is 0 Å². The first-order chi connectivity index (χ1) is 13.0. The Kier molecular flexibility index (Phi) is 6.58. The number of hydrogen-bond donors (Lipinski definition) is 1. The maximum Gasteiger partial charge on any atom is 0.240 e. The zero-order chi connectivity index (χ0) is 19.4. The average molecular weight is 393 g/mol. The third-order valence-electron chi connectivity index (χ3n) is 6.08. The quantitative estimate of drug-likeness (QED) is 0.694. The second-order valence-corrected chi connectivity index (χ2v) is 9.69. The molecule has 0 bridgehead atoms. The largest absolute Gasteiger partial charge is 0.312 e. The molecule has 5 nitrogen and oxygen atoms in total. The summed E-state index contributed by atoms with van der Waals surface area (Å²) in [7, 11) is -3.51. The van der Waals surface area contributed by atoms with Gasteiger partial charge in [-0.1, -0.05) is 39.5 Å². The van der Waals surface area contributed by atoms with Gasteiger partial charge in [-0.25, -0.2) is 13.1 Å². The van der Waals surface area contributed by atoms with Crippen molar-refractivity contribution in [3.05, 3.63) is 23.8 Å². The Morgan fingerprint density at radius 3 is 2.70 bits per heavy atom. The minimum absolute atomic E-state index is 0.162. The Hall–Kier alpha value is -1.40. The minimum atomic E-state index is -3.51. The molecule has 150 valence electrons. The molecule has 2 aliphatic rings. The van der Waals surface area contributed by atoms with Crippen LogP contribution in [0.15, 0.2) is 23.1 Å². The van der Waals surface area contributed by atoms with Gasteiger partial charge in [0, 0.05) is 24.7 Å². The Labute approximate surface area is 163 Å². The van der Waals surface area contributed by atoms with Crippen LogP contribution in [0.2, 0.25) is 0 Å². The molecule has 1 saturated carbocycles. The highest BCUT2D eigenvalue weighted by Crippen LogP contribution is 2.35. The lowest BCUT2D eigenvalue weighted by atomic mass is 9.84. The molecule has 1 unspecified atom stereocenters. The first kappa shape index (κ1) is 20.3. The molecule has 1 aliphatic heterocycles. The van der Waals surface area contributed by atoms with E-state index in [4.69, 9.17) is 0 Å². The van der Waals surface area contributed by atoms with E-state index in [-0.39, 0.29) is 11.8 Å². The van der Waals surface area contributed by atoms with Crippen molar-refractivity contribution in [3.63, 3.8) is 0 Å². The standard InChI is InChI=1S/C21H32N2O3S/c1-3-5-7-16(4-2)15-22-27(25,26)19-10-11-20-18(14-19)12-13-23(20)21(24)17-8-6-9-17/h10-11,14,16-17,22H,3-9,12-13,15H2,1-2H3. The Balaban J connectivity index is 1.68. The average Bonchev–Trinajstić information content (AvgIpc) is 3.03. The molecular formula is C21H32N2O3S. The zero-order valence-corrected chi connectivity index (χ0v) is 17.4. The van der Waals surface area contributed by atoms with Crippen LogP contribution >= 0.6 is 0 Å². The van der Waals surface area contributed by atoms with E-state index in [1.54, 1.807) is 12.1 Å². The molecule has 27 heavy (non-hydrogen) atoms. The number of anilines is 1. The molecular weight excluding hydrogens is 360 g/mol. The second kappa shape index (κ2) is 8.74. The van der Waals surface area contributed by atoms with E-state index in [1.165, 1.54) is 0 Å². The lowest BCUT2D eigenvalue weighted by Gasteiger charge is -2.29. The fraction of sp³-hybridized carbons (Fsp3) is 0.667. The van der Waals surface area contributed by atoms with Crippen LogP contribution in [0.5, 0.6) is 0 Å². The van der Waals surface area contributed by atoms with Crippen LogP contribution in [0.3, 0.4) is 0 Å². The molecule has 0 aromatic heterocycles. The molecule has 0 spiro atoms. The summed E-state index contributed by atoms with van der Waals surface area (Å²) >= 11 is 0. The van der Waals surface area contributed by atoms with Crippen LogP contribution in [0.1, 0.15) is 64.4 Å². The number of hydrogen-bond acceptors (Lipinski definition) is 3. The lowest BCUT2D eigenvalue weighted by Crippen LogP contribution is -2.37. The Morgan fingerprint density at radius 1 is 1.30 bits per heavy atom. The SMILES string of the molecule is CCCCC(CC)CNS(=O)(=O)c1ccc2c(c1)CCN2C(=O)C1CCC1. The van der Waals surface area contributed by atoms with E-state index in [1.807, 2.05) is 11.0 Å². The fourth-order valence-corrected chi connectivity index (χ4v) is 5.07. The number of carbonyl (C=O) groups is 1. The third kappa shape index (κ3) is 4.54. The molecule has 0 radical (unpaired) electrons. The number of rotatable bonds is 9. The molecule has 1 atom stereocenters. The minimum Gasteiger partial charge on any atom is -0.312 e. The molecule has 1 aromatic carbocycles. The summed E-state index contributed by atoms with van der Waals surface area (Å²) in [5.41, 5.74) is 1.85. The van der Waals surface area contributed by atoms with Crippen molar-refractivity contribution >= 4 is 21.6 Å². The highest BCUT2D eigenvalue weighted by molar-refractivity contribution is 7.89. The van der Waals surface area contributed by atoms with Crippen molar-refractivity contribution in [3.8, 4) is 0 Å². The molecule has 1 fully saturated rings. The summed E-state index contributed by atoms with van der Waals surface area (Å²) in [6.07, 6.45) is 8.12. The van der Waals surface area contributed by atoms with Crippen LogP contribution in [-0.2, 0) is 21.2 Å². The maximum atomic E-state index is 12.7. The third-order valence-corrected chi connectivity index (χ3v) is 7.50. The summed E-state index contributed by atoms with van der Waals surface area (Å²) in [5, 5.41) is 0. The van der Waals surface area contributed by atoms with Crippen molar-refractivity contribution in [1.82, 2.24) is 4.72 Å². The number of sulfonamides is 1. The molecule has 6 heteroatoms. The number of carbonyl (C=O) groups excluding carboxylic acids is 1. The zero-order valence-electron chi connectivity index (χ0n) is 16.5. The van der Waals surface area contributed by atoms with E-state index >= 15 is 0 Å². The molecule has 1 heterocycles. The first-order valence-corrected chi connectivity index (χ1v) is 11.9. The number of amides is 1. The molecule has 1 aliphatic carbocycles. The van der Waals surface area contributed by atoms with E-state index in [0.717, 1.165) is 62.6 Å². The van der Waals surface area contributed by atoms with E-state index in [9.17, 15) is 13.2 Å². The van der Waals surface area contributed by atoms with Crippen LogP contribution in [-0.4, -0.2) is 27.4 Å². The molecule has 1 N–H and O–H groups in total. The number of fused-ring (bicyclic) bond motifs is 1. The van der Waals surface area contributed by atoms with E-state index in [2.05, 4.69) is 18.6 Å². The van der Waals surface area contributed by atoms with Gasteiger partial charge in [-0.2, -0.15) is 0 Å². The smallest absolute Gasteiger partial charge is 0.240 e. The van der Waals surface area contributed by atoms with Crippen molar-refractivity contribution in [2.45, 2.75) is 70.1 Å². The number of unbranched alkanes of at least 4 members (excludes halogenated alkanes) is 1. The normalized spacial score (nSPS) is 18.2. The fourth-order valence-electron chi connectivity index (χ4n) is 3.90. The lowest BCUT2D eigenvalue weighted by molar-refractivity contribution is -0.124. The molecule has 1 amide bonds. The van der Waals surface area contributed by atoms with Crippen molar-refractivity contribution in [1.29, 1.82) is 0 Å². The van der Waals surface area contributed by atoms with Gasteiger partial charge in [0.2, 0.25) is 15.9 Å². The van der Waals surface area contributed by atoms with Gasteiger partial charge in [0.05, 0.1) is 4.90 Å². The van der Waals surface area contributed by atoms with Gasteiger partial charge in [0.15, 0.2) is 0 Å². The number of benzene rings is 1. The van der Waals surface area contributed by atoms with Gasteiger partial charge < -0.3 is 4.90 Å². The monoisotopic (exact) mass is 392 g/mol. The molecule has 3 rings (SSSR count). The van der Waals surface area contributed by atoms with Gasteiger partial charge in [-0.05, 0) is 55.4 Å². The predicted octanol–water partition coefficient (Wildman–Crippen LogP) is 3.87. The molecule has 0 saturated heterocycles. The summed E-state index contributed by atoms with van der Waals surface area (Å²) < 4.78 is 28.2. The highest BCUT2D eigenvalue weighted by atomic mass is 32.2. The van der Waals surface area contributed by atoms with Gasteiger partial charge >= 0.3 is 0 Å². The van der Waals surface area contributed by atoms with Crippen molar-refractivity contribution < 1.29 is 13.2 Å². The summed E-state index contributed by atoms with van der Waals surface area (Å²) in [6, 6.07) is 5.20. The van der Waals surface area contributed by atoms with Crippen LogP contribution in [0, 0.1) is 11.8 Å². The predicted molar refractivity (Wildman–Crippen MR) is 108 cm³/mol. The summed E-state index contributed by atoms with van der Waals surface area (Å²) in [4.78, 5) is 14.7. The van der Waals surface area contributed by atoms with Gasteiger partial charge in [-0.15, -0.1) is 0 Å². The second-order valence-electron chi connectivity index (χ2n) is 7.93.